The Hall–Kier alpha value is -0.590. The Morgan fingerprint density at radius 2 is 2.25 bits per heavy atom. The molecule has 0 aromatic rings. The lowest BCUT2D eigenvalue weighted by Gasteiger charge is -2.26. The van der Waals surface area contributed by atoms with Gasteiger partial charge < -0.3 is 0 Å². The van der Waals surface area contributed by atoms with Crippen LogP contribution in [0.5, 0.6) is 0 Å². The normalized spacial score (nSPS) is 49.8. The molecule has 0 amide bonds. The molecule has 1 nitrogen and oxygen atoms in total. The minimum Gasteiger partial charge on any atom is -0.295 e. The van der Waals surface area contributed by atoms with Crippen LogP contribution in [0.15, 0.2) is 12.2 Å². The summed E-state index contributed by atoms with van der Waals surface area (Å²) in [5, 5.41) is 0. The van der Waals surface area contributed by atoms with Gasteiger partial charge in [-0.2, -0.15) is 0 Å². The van der Waals surface area contributed by atoms with E-state index in [-0.39, 0.29) is 0 Å². The number of allylic oxidation sites excluding steroid dienone is 2. The summed E-state index contributed by atoms with van der Waals surface area (Å²) in [5.74, 6) is 1.66. The van der Waals surface area contributed by atoms with Gasteiger partial charge in [0.15, 0.2) is 5.78 Å². The molecule has 0 aromatic carbocycles. The number of rotatable bonds is 0. The Labute approximate surface area is 72.8 Å². The molecule has 3 aliphatic rings. The van der Waals surface area contributed by atoms with Gasteiger partial charge in [0, 0.05) is 11.3 Å². The molecular weight excluding hydrogens is 148 g/mol. The molecular formula is C11H14O. The fourth-order valence-corrected chi connectivity index (χ4v) is 3.73. The van der Waals surface area contributed by atoms with Gasteiger partial charge in [0.25, 0.3) is 0 Å². The van der Waals surface area contributed by atoms with Crippen LogP contribution in [0, 0.1) is 17.3 Å². The monoisotopic (exact) mass is 162 g/mol. The first-order valence-electron chi connectivity index (χ1n) is 5.06. The van der Waals surface area contributed by atoms with E-state index in [1.165, 1.54) is 25.7 Å². The molecule has 0 N–H and O–H groups in total. The highest BCUT2D eigenvalue weighted by Crippen LogP contribution is 2.60. The van der Waals surface area contributed by atoms with Gasteiger partial charge in [-0.05, 0) is 37.7 Å². The SMILES string of the molecule is O=C1C=C[C@]23CCC[C@H]2CC[C@H]13. The van der Waals surface area contributed by atoms with Crippen molar-refractivity contribution >= 4 is 5.78 Å². The highest BCUT2D eigenvalue weighted by molar-refractivity contribution is 5.95. The van der Waals surface area contributed by atoms with E-state index in [2.05, 4.69) is 6.08 Å². The van der Waals surface area contributed by atoms with Crippen molar-refractivity contribution in [2.24, 2.45) is 17.3 Å². The number of carbonyl (C=O) groups is 1. The maximum atomic E-state index is 11.5. The lowest BCUT2D eigenvalue weighted by molar-refractivity contribution is -0.119. The average molecular weight is 162 g/mol. The van der Waals surface area contributed by atoms with Gasteiger partial charge in [-0.15, -0.1) is 0 Å². The highest BCUT2D eigenvalue weighted by Gasteiger charge is 2.55. The molecule has 0 aliphatic heterocycles. The molecule has 3 rings (SSSR count). The molecule has 1 spiro atoms. The minimum absolute atomic E-state index is 0.358. The van der Waals surface area contributed by atoms with Crippen molar-refractivity contribution < 1.29 is 4.79 Å². The lowest BCUT2D eigenvalue weighted by Crippen LogP contribution is -2.25. The fraction of sp³-hybridized carbons (Fsp3) is 0.727. The van der Waals surface area contributed by atoms with E-state index in [1.807, 2.05) is 6.08 Å². The van der Waals surface area contributed by atoms with Crippen molar-refractivity contribution in [2.75, 3.05) is 0 Å². The first-order valence-corrected chi connectivity index (χ1v) is 5.06. The third-order valence-electron chi connectivity index (χ3n) is 4.28. The van der Waals surface area contributed by atoms with Crippen molar-refractivity contribution in [3.05, 3.63) is 12.2 Å². The molecule has 2 fully saturated rings. The molecule has 12 heavy (non-hydrogen) atoms. The maximum Gasteiger partial charge on any atom is 0.159 e. The van der Waals surface area contributed by atoms with Gasteiger partial charge >= 0.3 is 0 Å². The van der Waals surface area contributed by atoms with Crippen molar-refractivity contribution in [3.63, 3.8) is 0 Å². The van der Waals surface area contributed by atoms with Crippen LogP contribution in [0.4, 0.5) is 0 Å². The molecule has 0 bridgehead atoms. The number of carbonyl (C=O) groups excluding carboxylic acids is 1. The summed E-state index contributed by atoms with van der Waals surface area (Å²) in [6, 6.07) is 0. The van der Waals surface area contributed by atoms with E-state index >= 15 is 0 Å². The van der Waals surface area contributed by atoms with E-state index in [9.17, 15) is 4.79 Å². The zero-order valence-corrected chi connectivity index (χ0v) is 7.25. The van der Waals surface area contributed by atoms with Crippen LogP contribution in [0.25, 0.3) is 0 Å². The summed E-state index contributed by atoms with van der Waals surface area (Å²) in [4.78, 5) is 11.5. The van der Waals surface area contributed by atoms with E-state index in [1.54, 1.807) is 0 Å². The predicted octanol–water partition coefficient (Wildman–Crippen LogP) is 2.32. The Kier molecular flexibility index (Phi) is 1.15. The second-order valence-corrected chi connectivity index (χ2v) is 4.57. The third kappa shape index (κ3) is 0.596. The second-order valence-electron chi connectivity index (χ2n) is 4.57. The Balaban J connectivity index is 2.07. The van der Waals surface area contributed by atoms with Gasteiger partial charge in [0.2, 0.25) is 0 Å². The Bertz CT molecular complexity index is 266. The zero-order chi connectivity index (χ0) is 8.18. The topological polar surface area (TPSA) is 17.1 Å². The Morgan fingerprint density at radius 1 is 1.33 bits per heavy atom. The van der Waals surface area contributed by atoms with E-state index in [0.29, 0.717) is 17.1 Å². The summed E-state index contributed by atoms with van der Waals surface area (Å²) in [7, 11) is 0. The van der Waals surface area contributed by atoms with Crippen LogP contribution in [0.2, 0.25) is 0 Å². The van der Waals surface area contributed by atoms with Crippen molar-refractivity contribution in [1.29, 1.82) is 0 Å². The fourth-order valence-electron chi connectivity index (χ4n) is 3.73. The van der Waals surface area contributed by atoms with Gasteiger partial charge in [0.05, 0.1) is 0 Å². The molecule has 0 radical (unpaired) electrons. The standard InChI is InChI=1S/C11H14O/c12-10-5-7-11-6-1-2-8(11)3-4-9(10)11/h5,7-9H,1-4,6H2/t8-,9+,11+/m0/s1. The third-order valence-corrected chi connectivity index (χ3v) is 4.28. The zero-order valence-electron chi connectivity index (χ0n) is 7.25. The van der Waals surface area contributed by atoms with E-state index in [4.69, 9.17) is 0 Å². The summed E-state index contributed by atoms with van der Waals surface area (Å²) < 4.78 is 0. The van der Waals surface area contributed by atoms with Crippen LogP contribution < -0.4 is 0 Å². The van der Waals surface area contributed by atoms with Crippen molar-refractivity contribution in [3.8, 4) is 0 Å². The van der Waals surface area contributed by atoms with Crippen LogP contribution in [-0.2, 0) is 4.79 Å². The van der Waals surface area contributed by atoms with E-state index < -0.39 is 0 Å². The maximum absolute atomic E-state index is 11.5. The number of hydrogen-bond donors (Lipinski definition) is 0. The number of hydrogen-bond acceptors (Lipinski definition) is 1. The molecule has 2 saturated carbocycles. The van der Waals surface area contributed by atoms with Crippen LogP contribution in [0.3, 0.4) is 0 Å². The average Bonchev–Trinajstić information content (AvgIpc) is 2.62. The summed E-state index contributed by atoms with van der Waals surface area (Å²) >= 11 is 0. The van der Waals surface area contributed by atoms with Gasteiger partial charge in [-0.1, -0.05) is 12.5 Å². The summed E-state index contributed by atoms with van der Waals surface area (Å²) in [6.07, 6.45) is 10.6. The van der Waals surface area contributed by atoms with Crippen molar-refractivity contribution in [2.45, 2.75) is 32.1 Å². The lowest BCUT2D eigenvalue weighted by atomic mass is 9.76. The molecule has 3 aliphatic carbocycles. The quantitative estimate of drug-likeness (QED) is 0.534. The first-order chi connectivity index (χ1) is 5.83. The Morgan fingerprint density at radius 3 is 3.17 bits per heavy atom. The molecule has 0 saturated heterocycles. The smallest absolute Gasteiger partial charge is 0.159 e. The summed E-state index contributed by atoms with van der Waals surface area (Å²) in [5.41, 5.74) is 0.358. The van der Waals surface area contributed by atoms with Crippen LogP contribution in [-0.4, -0.2) is 5.78 Å². The molecule has 0 aromatic heterocycles. The van der Waals surface area contributed by atoms with Crippen LogP contribution >= 0.6 is 0 Å². The van der Waals surface area contributed by atoms with Gasteiger partial charge in [-0.25, -0.2) is 0 Å². The molecule has 64 valence electrons. The second kappa shape index (κ2) is 2.01. The summed E-state index contributed by atoms with van der Waals surface area (Å²) in [6.45, 7) is 0. The van der Waals surface area contributed by atoms with E-state index in [0.717, 1.165) is 12.3 Å². The highest BCUT2D eigenvalue weighted by atomic mass is 16.1. The number of ketones is 1. The largest absolute Gasteiger partial charge is 0.295 e. The van der Waals surface area contributed by atoms with Gasteiger partial charge in [0.1, 0.15) is 0 Å². The predicted molar refractivity (Wildman–Crippen MR) is 46.6 cm³/mol. The molecule has 0 unspecified atom stereocenters. The first kappa shape index (κ1) is 6.88. The van der Waals surface area contributed by atoms with Crippen molar-refractivity contribution in [1.82, 2.24) is 0 Å². The minimum atomic E-state index is 0.358. The van der Waals surface area contributed by atoms with Crippen LogP contribution in [0.1, 0.15) is 32.1 Å². The molecule has 1 heteroatoms. The molecule has 0 heterocycles. The molecule has 3 atom stereocenters. The van der Waals surface area contributed by atoms with Gasteiger partial charge in [-0.3, -0.25) is 4.79 Å².